The van der Waals surface area contributed by atoms with E-state index in [2.05, 4.69) is 10.6 Å². The van der Waals surface area contributed by atoms with Crippen molar-refractivity contribution in [3.8, 4) is 5.75 Å². The Bertz CT molecular complexity index is 765. The van der Waals surface area contributed by atoms with Gasteiger partial charge < -0.3 is 15.4 Å². The summed E-state index contributed by atoms with van der Waals surface area (Å²) in [4.78, 5) is 23.5. The number of methoxy groups -OCH3 is 1. The number of amides is 2. The Morgan fingerprint density at radius 2 is 1.79 bits per heavy atom. The molecule has 2 aromatic carbocycles. The maximum atomic E-state index is 12.0. The van der Waals surface area contributed by atoms with E-state index in [4.69, 9.17) is 4.74 Å². The summed E-state index contributed by atoms with van der Waals surface area (Å²) in [6, 6.07) is 12.4. The Hall–Kier alpha value is -3.08. The van der Waals surface area contributed by atoms with Gasteiger partial charge in [0.25, 0.3) is 5.91 Å². The highest BCUT2D eigenvalue weighted by Crippen LogP contribution is 2.21. The maximum Gasteiger partial charge on any atom is 0.251 e. The SMILES string of the molecule is CNC(=O)c1ccc(NC(=O)/C=C/c2cc(C)ccc2OC)cc1. The van der Waals surface area contributed by atoms with Crippen LogP contribution in [-0.2, 0) is 4.79 Å². The predicted molar refractivity (Wildman–Crippen MR) is 95.2 cm³/mol. The van der Waals surface area contributed by atoms with E-state index in [1.165, 1.54) is 6.08 Å². The molecule has 0 spiro atoms. The number of carbonyl (C=O) groups is 2. The van der Waals surface area contributed by atoms with Gasteiger partial charge in [0.1, 0.15) is 5.75 Å². The van der Waals surface area contributed by atoms with Crippen molar-refractivity contribution in [2.45, 2.75) is 6.92 Å². The summed E-state index contributed by atoms with van der Waals surface area (Å²) in [5, 5.41) is 5.30. The number of carbonyl (C=O) groups excluding carboxylic acids is 2. The zero-order valence-corrected chi connectivity index (χ0v) is 13.9. The number of aryl methyl sites for hydroxylation is 1. The predicted octanol–water partition coefficient (Wildman–Crippen LogP) is 3.02. The van der Waals surface area contributed by atoms with Crippen molar-refractivity contribution < 1.29 is 14.3 Å². The van der Waals surface area contributed by atoms with E-state index in [1.54, 1.807) is 44.5 Å². The third-order valence-electron chi connectivity index (χ3n) is 3.44. The van der Waals surface area contributed by atoms with Gasteiger partial charge in [-0.2, -0.15) is 0 Å². The molecule has 0 aliphatic carbocycles. The van der Waals surface area contributed by atoms with Crippen LogP contribution in [0.15, 0.2) is 48.5 Å². The first-order chi connectivity index (χ1) is 11.5. The molecular formula is C19H20N2O3. The summed E-state index contributed by atoms with van der Waals surface area (Å²) in [6.45, 7) is 1.98. The lowest BCUT2D eigenvalue weighted by Crippen LogP contribution is -2.17. The summed E-state index contributed by atoms with van der Waals surface area (Å²) < 4.78 is 5.28. The first kappa shape index (κ1) is 17.3. The van der Waals surface area contributed by atoms with Crippen molar-refractivity contribution >= 4 is 23.6 Å². The van der Waals surface area contributed by atoms with E-state index in [0.717, 1.165) is 11.1 Å². The minimum Gasteiger partial charge on any atom is -0.496 e. The van der Waals surface area contributed by atoms with Crippen LogP contribution in [0.5, 0.6) is 5.75 Å². The lowest BCUT2D eigenvalue weighted by atomic mass is 10.1. The molecule has 0 aliphatic heterocycles. The molecule has 0 unspecified atom stereocenters. The Morgan fingerprint density at radius 1 is 1.08 bits per heavy atom. The van der Waals surface area contributed by atoms with Crippen LogP contribution in [0.3, 0.4) is 0 Å². The summed E-state index contributed by atoms with van der Waals surface area (Å²) in [5.41, 5.74) is 3.08. The highest BCUT2D eigenvalue weighted by Gasteiger charge is 2.04. The van der Waals surface area contributed by atoms with E-state index < -0.39 is 0 Å². The van der Waals surface area contributed by atoms with Gasteiger partial charge in [0.2, 0.25) is 5.91 Å². The van der Waals surface area contributed by atoms with Crippen molar-refractivity contribution in [2.75, 3.05) is 19.5 Å². The van der Waals surface area contributed by atoms with Gasteiger partial charge in [-0.25, -0.2) is 0 Å². The monoisotopic (exact) mass is 324 g/mol. The third kappa shape index (κ3) is 4.46. The average molecular weight is 324 g/mol. The van der Waals surface area contributed by atoms with Gasteiger partial charge in [-0.05, 0) is 49.4 Å². The van der Waals surface area contributed by atoms with Gasteiger partial charge in [0.05, 0.1) is 7.11 Å². The fourth-order valence-corrected chi connectivity index (χ4v) is 2.18. The fraction of sp³-hybridized carbons (Fsp3) is 0.158. The van der Waals surface area contributed by atoms with Crippen LogP contribution in [-0.4, -0.2) is 26.0 Å². The van der Waals surface area contributed by atoms with Gasteiger partial charge in [-0.15, -0.1) is 0 Å². The van der Waals surface area contributed by atoms with Crippen LogP contribution in [0.2, 0.25) is 0 Å². The summed E-state index contributed by atoms with van der Waals surface area (Å²) in [6.07, 6.45) is 3.16. The molecular weight excluding hydrogens is 304 g/mol. The zero-order valence-electron chi connectivity index (χ0n) is 13.9. The number of rotatable bonds is 5. The molecule has 0 bridgehead atoms. The molecule has 2 aromatic rings. The second-order valence-corrected chi connectivity index (χ2v) is 5.22. The molecule has 2 amide bonds. The lowest BCUT2D eigenvalue weighted by Gasteiger charge is -2.06. The maximum absolute atomic E-state index is 12.0. The average Bonchev–Trinajstić information content (AvgIpc) is 2.60. The fourth-order valence-electron chi connectivity index (χ4n) is 2.18. The topological polar surface area (TPSA) is 67.4 Å². The van der Waals surface area contributed by atoms with Crippen LogP contribution < -0.4 is 15.4 Å². The minimum atomic E-state index is -0.258. The van der Waals surface area contributed by atoms with Crippen LogP contribution >= 0.6 is 0 Å². The normalized spacial score (nSPS) is 10.5. The lowest BCUT2D eigenvalue weighted by molar-refractivity contribution is -0.111. The van der Waals surface area contributed by atoms with Gasteiger partial charge in [-0.1, -0.05) is 11.6 Å². The number of nitrogens with one attached hydrogen (secondary N) is 2. The smallest absolute Gasteiger partial charge is 0.251 e. The quantitative estimate of drug-likeness (QED) is 0.831. The van der Waals surface area contributed by atoms with Crippen molar-refractivity contribution in [3.05, 3.63) is 65.2 Å². The van der Waals surface area contributed by atoms with Gasteiger partial charge in [0.15, 0.2) is 0 Å². The second-order valence-electron chi connectivity index (χ2n) is 5.22. The van der Waals surface area contributed by atoms with Crippen molar-refractivity contribution in [2.24, 2.45) is 0 Å². The van der Waals surface area contributed by atoms with Crippen molar-refractivity contribution in [3.63, 3.8) is 0 Å². The first-order valence-corrected chi connectivity index (χ1v) is 7.49. The van der Waals surface area contributed by atoms with Crippen LogP contribution in [0.4, 0.5) is 5.69 Å². The van der Waals surface area contributed by atoms with E-state index in [1.807, 2.05) is 25.1 Å². The van der Waals surface area contributed by atoms with Crippen LogP contribution in [0.25, 0.3) is 6.08 Å². The minimum absolute atomic E-state index is 0.167. The number of hydrogen-bond acceptors (Lipinski definition) is 3. The molecule has 2 N–H and O–H groups in total. The molecule has 124 valence electrons. The zero-order chi connectivity index (χ0) is 17.5. The van der Waals surface area contributed by atoms with E-state index in [9.17, 15) is 9.59 Å². The first-order valence-electron chi connectivity index (χ1n) is 7.49. The summed E-state index contributed by atoms with van der Waals surface area (Å²) >= 11 is 0. The largest absolute Gasteiger partial charge is 0.496 e. The number of ether oxygens (including phenoxy) is 1. The second kappa shape index (κ2) is 7.97. The Morgan fingerprint density at radius 3 is 2.42 bits per heavy atom. The molecule has 5 heteroatoms. The molecule has 0 saturated carbocycles. The number of hydrogen-bond donors (Lipinski definition) is 2. The summed E-state index contributed by atoms with van der Waals surface area (Å²) in [7, 11) is 3.17. The van der Waals surface area contributed by atoms with Crippen LogP contribution in [0, 0.1) is 6.92 Å². The molecule has 5 nitrogen and oxygen atoms in total. The van der Waals surface area contributed by atoms with E-state index in [0.29, 0.717) is 17.0 Å². The molecule has 0 saturated heterocycles. The van der Waals surface area contributed by atoms with Crippen molar-refractivity contribution in [1.82, 2.24) is 5.32 Å². The van der Waals surface area contributed by atoms with E-state index >= 15 is 0 Å². The molecule has 0 fully saturated rings. The third-order valence-corrected chi connectivity index (χ3v) is 3.44. The number of anilines is 1. The van der Waals surface area contributed by atoms with Crippen molar-refractivity contribution in [1.29, 1.82) is 0 Å². The molecule has 0 heterocycles. The highest BCUT2D eigenvalue weighted by atomic mass is 16.5. The Kier molecular flexibility index (Phi) is 5.73. The Labute approximate surface area is 141 Å². The molecule has 0 atom stereocenters. The molecule has 0 aromatic heterocycles. The van der Waals surface area contributed by atoms with Gasteiger partial charge >= 0.3 is 0 Å². The number of benzene rings is 2. The molecule has 24 heavy (non-hydrogen) atoms. The Balaban J connectivity index is 2.05. The van der Waals surface area contributed by atoms with Crippen LogP contribution in [0.1, 0.15) is 21.5 Å². The van der Waals surface area contributed by atoms with Gasteiger partial charge in [-0.3, -0.25) is 9.59 Å². The highest BCUT2D eigenvalue weighted by molar-refractivity contribution is 6.02. The molecule has 2 rings (SSSR count). The van der Waals surface area contributed by atoms with Gasteiger partial charge in [0, 0.05) is 29.9 Å². The summed E-state index contributed by atoms with van der Waals surface area (Å²) in [5.74, 6) is 0.283. The van der Waals surface area contributed by atoms with E-state index in [-0.39, 0.29) is 11.8 Å². The molecule has 0 radical (unpaired) electrons. The standard InChI is InChI=1S/C19H20N2O3/c1-13-4-10-17(24-3)15(12-13)7-11-18(22)21-16-8-5-14(6-9-16)19(23)20-2/h4-12H,1-3H3,(H,20,23)(H,21,22)/b11-7+. The molecule has 0 aliphatic rings.